The second-order valence-electron chi connectivity index (χ2n) is 8.00. The van der Waals surface area contributed by atoms with Gasteiger partial charge < -0.3 is 20.3 Å². The molecule has 6 nitrogen and oxygen atoms in total. The van der Waals surface area contributed by atoms with Crippen molar-refractivity contribution in [2.45, 2.75) is 19.5 Å². The molecule has 1 aliphatic heterocycles. The number of halogens is 2. The number of benzene rings is 3. The van der Waals surface area contributed by atoms with Crippen LogP contribution in [0.1, 0.15) is 23.2 Å². The monoisotopic (exact) mass is 465 g/mol. The van der Waals surface area contributed by atoms with E-state index in [1.54, 1.807) is 35.2 Å². The third kappa shape index (κ3) is 5.89. The molecular weight excluding hydrogens is 440 g/mol. The highest BCUT2D eigenvalue weighted by Crippen LogP contribution is 2.27. The number of likely N-dealkylation sites (tertiary alicyclic amines) is 1. The molecule has 0 unspecified atom stereocenters. The van der Waals surface area contributed by atoms with Gasteiger partial charge in [-0.05, 0) is 61.4 Å². The average Bonchev–Trinajstić information content (AvgIpc) is 2.85. The minimum Gasteiger partial charge on any atom is -0.435 e. The van der Waals surface area contributed by atoms with Gasteiger partial charge in [-0.25, -0.2) is 0 Å². The van der Waals surface area contributed by atoms with Gasteiger partial charge in [0.25, 0.3) is 5.91 Å². The lowest BCUT2D eigenvalue weighted by Gasteiger charge is -2.32. The lowest BCUT2D eigenvalue weighted by molar-refractivity contribution is -0.121. The average molecular weight is 466 g/mol. The van der Waals surface area contributed by atoms with E-state index in [-0.39, 0.29) is 23.5 Å². The van der Waals surface area contributed by atoms with Crippen LogP contribution < -0.4 is 15.4 Å². The molecule has 2 N–H and O–H groups in total. The zero-order chi connectivity index (χ0) is 23.9. The quantitative estimate of drug-likeness (QED) is 0.482. The number of anilines is 3. The van der Waals surface area contributed by atoms with Gasteiger partial charge in [0.15, 0.2) is 0 Å². The zero-order valence-electron chi connectivity index (χ0n) is 18.4. The van der Waals surface area contributed by atoms with Crippen molar-refractivity contribution < 1.29 is 23.1 Å². The Morgan fingerprint density at radius 3 is 2.18 bits per heavy atom. The summed E-state index contributed by atoms with van der Waals surface area (Å²) in [4.78, 5) is 27.6. The van der Waals surface area contributed by atoms with Crippen molar-refractivity contribution >= 4 is 28.9 Å². The van der Waals surface area contributed by atoms with Crippen LogP contribution in [0.25, 0.3) is 0 Å². The van der Waals surface area contributed by atoms with Crippen LogP contribution in [0.5, 0.6) is 5.75 Å². The van der Waals surface area contributed by atoms with Gasteiger partial charge in [-0.3, -0.25) is 9.59 Å². The number of nitrogens with one attached hydrogen (secondary N) is 2. The summed E-state index contributed by atoms with van der Waals surface area (Å²) in [5.41, 5.74) is 2.51. The van der Waals surface area contributed by atoms with Crippen LogP contribution in [-0.2, 0) is 4.79 Å². The smallest absolute Gasteiger partial charge is 0.387 e. The van der Waals surface area contributed by atoms with Gasteiger partial charge in [0.2, 0.25) is 5.91 Å². The van der Waals surface area contributed by atoms with Gasteiger partial charge in [0.1, 0.15) is 5.75 Å². The zero-order valence-corrected chi connectivity index (χ0v) is 18.4. The SMILES string of the molecule is O=C(Nc1ccccc1)C1CCN(C(=O)c2ccccc2Nc2ccc(OC(F)F)cc2)CC1. The molecule has 34 heavy (non-hydrogen) atoms. The van der Waals surface area contributed by atoms with Crippen molar-refractivity contribution in [3.8, 4) is 5.75 Å². The van der Waals surface area contributed by atoms with E-state index in [1.807, 2.05) is 36.4 Å². The lowest BCUT2D eigenvalue weighted by atomic mass is 9.95. The van der Waals surface area contributed by atoms with Crippen molar-refractivity contribution in [1.82, 2.24) is 4.90 Å². The number of para-hydroxylation sites is 2. The molecular formula is C26H25F2N3O3. The molecule has 1 fully saturated rings. The predicted molar refractivity (Wildman–Crippen MR) is 126 cm³/mol. The summed E-state index contributed by atoms with van der Waals surface area (Å²) in [6, 6.07) is 22.5. The maximum Gasteiger partial charge on any atom is 0.387 e. The Morgan fingerprint density at radius 2 is 1.50 bits per heavy atom. The van der Waals surface area contributed by atoms with Crippen LogP contribution in [0.3, 0.4) is 0 Å². The highest BCUT2D eigenvalue weighted by atomic mass is 19.3. The first-order valence-electron chi connectivity index (χ1n) is 11.1. The molecule has 0 aliphatic carbocycles. The van der Waals surface area contributed by atoms with Gasteiger partial charge in [-0.15, -0.1) is 0 Å². The van der Waals surface area contributed by atoms with Gasteiger partial charge in [0.05, 0.1) is 11.3 Å². The van der Waals surface area contributed by atoms with E-state index in [0.717, 1.165) is 5.69 Å². The number of carbonyl (C=O) groups excluding carboxylic acids is 2. The fourth-order valence-corrected chi connectivity index (χ4v) is 3.93. The Hall–Kier alpha value is -3.94. The predicted octanol–water partition coefficient (Wildman–Crippen LogP) is 5.52. The maximum atomic E-state index is 13.2. The van der Waals surface area contributed by atoms with E-state index in [0.29, 0.717) is 42.9 Å². The van der Waals surface area contributed by atoms with E-state index >= 15 is 0 Å². The van der Waals surface area contributed by atoms with E-state index in [9.17, 15) is 18.4 Å². The Balaban J connectivity index is 1.37. The van der Waals surface area contributed by atoms with Crippen molar-refractivity contribution in [3.63, 3.8) is 0 Å². The van der Waals surface area contributed by atoms with Gasteiger partial charge >= 0.3 is 6.61 Å². The third-order valence-electron chi connectivity index (χ3n) is 5.71. The largest absolute Gasteiger partial charge is 0.435 e. The number of amides is 2. The summed E-state index contributed by atoms with van der Waals surface area (Å²) in [6.45, 7) is -1.91. The number of alkyl halides is 2. The van der Waals surface area contributed by atoms with E-state index in [1.165, 1.54) is 12.1 Å². The van der Waals surface area contributed by atoms with Crippen molar-refractivity contribution in [3.05, 3.63) is 84.4 Å². The number of piperidine rings is 1. The normalized spacial score (nSPS) is 14.0. The van der Waals surface area contributed by atoms with E-state index in [2.05, 4.69) is 15.4 Å². The molecule has 0 aromatic heterocycles. The van der Waals surface area contributed by atoms with Crippen LogP contribution in [0.4, 0.5) is 25.8 Å². The van der Waals surface area contributed by atoms with Crippen LogP contribution >= 0.6 is 0 Å². The summed E-state index contributed by atoms with van der Waals surface area (Å²) >= 11 is 0. The van der Waals surface area contributed by atoms with Crippen LogP contribution in [0.2, 0.25) is 0 Å². The highest BCUT2D eigenvalue weighted by Gasteiger charge is 2.28. The molecule has 1 aliphatic rings. The molecule has 176 valence electrons. The minimum absolute atomic E-state index is 0.0281. The molecule has 3 aromatic rings. The lowest BCUT2D eigenvalue weighted by Crippen LogP contribution is -2.41. The Bertz CT molecular complexity index is 1120. The molecule has 2 amide bonds. The topological polar surface area (TPSA) is 70.7 Å². The molecule has 8 heteroatoms. The molecule has 0 radical (unpaired) electrons. The molecule has 1 saturated heterocycles. The van der Waals surface area contributed by atoms with Crippen molar-refractivity contribution in [2.24, 2.45) is 5.92 Å². The number of rotatable bonds is 7. The molecule has 0 saturated carbocycles. The number of nitrogens with zero attached hydrogens (tertiary/aromatic N) is 1. The number of hydrogen-bond donors (Lipinski definition) is 2. The van der Waals surface area contributed by atoms with E-state index in [4.69, 9.17) is 0 Å². The van der Waals surface area contributed by atoms with Gasteiger partial charge in [-0.1, -0.05) is 30.3 Å². The second kappa shape index (κ2) is 10.8. The van der Waals surface area contributed by atoms with Crippen LogP contribution in [-0.4, -0.2) is 36.4 Å². The molecule has 1 heterocycles. The molecule has 3 aromatic carbocycles. The fourth-order valence-electron chi connectivity index (χ4n) is 3.93. The fraction of sp³-hybridized carbons (Fsp3) is 0.231. The van der Waals surface area contributed by atoms with Gasteiger partial charge in [-0.2, -0.15) is 8.78 Å². The first-order valence-corrected chi connectivity index (χ1v) is 11.1. The Labute approximate surface area is 196 Å². The standard InChI is InChI=1S/C26H25F2N3O3/c27-26(28)34-21-12-10-20(11-13-21)29-23-9-5-4-8-22(23)25(33)31-16-14-18(15-17-31)24(32)30-19-6-2-1-3-7-19/h1-13,18,26,29H,14-17H2,(H,30,32). The van der Waals surface area contributed by atoms with Gasteiger partial charge in [0, 0.05) is 30.4 Å². The molecule has 4 rings (SSSR count). The molecule has 0 atom stereocenters. The maximum absolute atomic E-state index is 13.2. The van der Waals surface area contributed by atoms with Crippen molar-refractivity contribution in [2.75, 3.05) is 23.7 Å². The van der Waals surface area contributed by atoms with E-state index < -0.39 is 6.61 Å². The molecule has 0 bridgehead atoms. The first-order chi connectivity index (χ1) is 16.5. The number of hydrogen-bond acceptors (Lipinski definition) is 4. The molecule has 0 spiro atoms. The summed E-state index contributed by atoms with van der Waals surface area (Å²) in [7, 11) is 0. The second-order valence-corrected chi connectivity index (χ2v) is 8.00. The van der Waals surface area contributed by atoms with Crippen molar-refractivity contribution in [1.29, 1.82) is 0 Å². The summed E-state index contributed by atoms with van der Waals surface area (Å²) in [5, 5.41) is 6.11. The summed E-state index contributed by atoms with van der Waals surface area (Å²) in [5.74, 6) is -0.238. The van der Waals surface area contributed by atoms with Crippen LogP contribution in [0.15, 0.2) is 78.9 Å². The Morgan fingerprint density at radius 1 is 0.853 bits per heavy atom. The van der Waals surface area contributed by atoms with Crippen LogP contribution in [0, 0.1) is 5.92 Å². The number of ether oxygens (including phenoxy) is 1. The first kappa shape index (κ1) is 23.2. The number of carbonyl (C=O) groups is 2. The third-order valence-corrected chi connectivity index (χ3v) is 5.71. The summed E-state index contributed by atoms with van der Waals surface area (Å²) in [6.07, 6.45) is 1.18. The highest BCUT2D eigenvalue weighted by molar-refractivity contribution is 6.00. The summed E-state index contributed by atoms with van der Waals surface area (Å²) < 4.78 is 29.1. The minimum atomic E-state index is -2.88. The Kier molecular flexibility index (Phi) is 7.37.